The third-order valence-corrected chi connectivity index (χ3v) is 5.16. The molecule has 0 bridgehead atoms. The molecule has 0 saturated carbocycles. The Morgan fingerprint density at radius 3 is 2.83 bits per heavy atom. The summed E-state index contributed by atoms with van der Waals surface area (Å²) in [6.07, 6.45) is 0.218. The fourth-order valence-electron chi connectivity index (χ4n) is 3.09. The van der Waals surface area contributed by atoms with Gasteiger partial charge >= 0.3 is 0 Å². The van der Waals surface area contributed by atoms with Gasteiger partial charge in [-0.25, -0.2) is 0 Å². The summed E-state index contributed by atoms with van der Waals surface area (Å²) < 4.78 is 5.26. The largest absolute Gasteiger partial charge is 0.495 e. The van der Waals surface area contributed by atoms with E-state index in [0.29, 0.717) is 22.8 Å². The number of rotatable bonds is 3. The van der Waals surface area contributed by atoms with E-state index in [4.69, 9.17) is 33.0 Å². The van der Waals surface area contributed by atoms with Gasteiger partial charge in [0.2, 0.25) is 0 Å². The Labute approximate surface area is 148 Å². The SMILES string of the molecule is COc1cc2c3c(cnc2c(Cl)c1Cl)CN(C(=O)[C@H](O)CO)[C@H]3C. The molecule has 1 aromatic carbocycles. The van der Waals surface area contributed by atoms with Crippen LogP contribution in [0.3, 0.4) is 0 Å². The van der Waals surface area contributed by atoms with Crippen molar-refractivity contribution < 1.29 is 19.7 Å². The number of pyridine rings is 1. The molecule has 2 atom stereocenters. The van der Waals surface area contributed by atoms with Gasteiger partial charge in [-0.3, -0.25) is 9.78 Å². The van der Waals surface area contributed by atoms with Crippen LogP contribution >= 0.6 is 23.2 Å². The van der Waals surface area contributed by atoms with E-state index in [1.807, 2.05) is 6.92 Å². The van der Waals surface area contributed by atoms with Crippen LogP contribution in [0.4, 0.5) is 0 Å². The second kappa shape index (κ2) is 6.37. The lowest BCUT2D eigenvalue weighted by Crippen LogP contribution is -2.39. The minimum absolute atomic E-state index is 0.286. The molecule has 2 heterocycles. The predicted octanol–water partition coefficient (Wildman–Crippen LogP) is 2.31. The lowest BCUT2D eigenvalue weighted by Gasteiger charge is -2.24. The molecule has 8 heteroatoms. The fourth-order valence-corrected chi connectivity index (χ4v) is 3.56. The summed E-state index contributed by atoms with van der Waals surface area (Å²) in [5.74, 6) is -0.0990. The maximum Gasteiger partial charge on any atom is 0.254 e. The van der Waals surface area contributed by atoms with Crippen LogP contribution in [-0.4, -0.2) is 45.8 Å². The molecule has 0 aliphatic carbocycles. The van der Waals surface area contributed by atoms with Gasteiger partial charge in [-0.2, -0.15) is 0 Å². The number of nitrogens with zero attached hydrogens (tertiary/aromatic N) is 2. The zero-order valence-corrected chi connectivity index (χ0v) is 14.6. The number of carbonyl (C=O) groups is 1. The highest BCUT2D eigenvalue weighted by Crippen LogP contribution is 2.44. The number of halogens is 2. The van der Waals surface area contributed by atoms with Gasteiger partial charge in [0, 0.05) is 18.1 Å². The first-order valence-electron chi connectivity index (χ1n) is 7.33. The number of fused-ring (bicyclic) bond motifs is 3. The van der Waals surface area contributed by atoms with Gasteiger partial charge in [0.1, 0.15) is 10.8 Å². The van der Waals surface area contributed by atoms with Gasteiger partial charge < -0.3 is 19.8 Å². The molecular formula is C16H16Cl2N2O4. The van der Waals surface area contributed by atoms with Crippen molar-refractivity contribution in [3.05, 3.63) is 33.4 Å². The second-order valence-electron chi connectivity index (χ2n) is 5.64. The third-order valence-electron chi connectivity index (χ3n) is 4.32. The van der Waals surface area contributed by atoms with E-state index in [-0.39, 0.29) is 11.1 Å². The minimum atomic E-state index is -1.44. The molecule has 1 amide bonds. The Bertz CT molecular complexity index is 828. The maximum absolute atomic E-state index is 12.3. The highest BCUT2D eigenvalue weighted by Gasteiger charge is 2.35. The molecular weight excluding hydrogens is 355 g/mol. The summed E-state index contributed by atoms with van der Waals surface area (Å²) in [5, 5.41) is 20.0. The first-order chi connectivity index (χ1) is 11.4. The monoisotopic (exact) mass is 370 g/mol. The molecule has 1 aliphatic rings. The number of hydrogen-bond acceptors (Lipinski definition) is 5. The Hall–Kier alpha value is -1.60. The molecule has 0 saturated heterocycles. The summed E-state index contributed by atoms with van der Waals surface area (Å²) >= 11 is 12.5. The number of aliphatic hydroxyl groups excluding tert-OH is 2. The summed E-state index contributed by atoms with van der Waals surface area (Å²) in [6, 6.07) is 1.45. The van der Waals surface area contributed by atoms with E-state index in [2.05, 4.69) is 4.98 Å². The van der Waals surface area contributed by atoms with Crippen LogP contribution in [0.2, 0.25) is 10.0 Å². The van der Waals surface area contributed by atoms with E-state index >= 15 is 0 Å². The van der Waals surface area contributed by atoms with E-state index in [1.54, 1.807) is 12.3 Å². The number of hydrogen-bond donors (Lipinski definition) is 2. The highest BCUT2D eigenvalue weighted by atomic mass is 35.5. The Morgan fingerprint density at radius 2 is 2.21 bits per heavy atom. The molecule has 0 spiro atoms. The van der Waals surface area contributed by atoms with Crippen LogP contribution in [0.15, 0.2) is 12.3 Å². The number of carbonyl (C=O) groups excluding carboxylic acids is 1. The quantitative estimate of drug-likeness (QED) is 0.865. The van der Waals surface area contributed by atoms with E-state index < -0.39 is 18.6 Å². The zero-order chi connectivity index (χ0) is 17.6. The van der Waals surface area contributed by atoms with Crippen molar-refractivity contribution in [3.63, 3.8) is 0 Å². The molecule has 3 rings (SSSR count). The smallest absolute Gasteiger partial charge is 0.254 e. The van der Waals surface area contributed by atoms with E-state index in [0.717, 1.165) is 16.5 Å². The Kier molecular flexibility index (Phi) is 4.57. The second-order valence-corrected chi connectivity index (χ2v) is 6.40. The van der Waals surface area contributed by atoms with Crippen molar-refractivity contribution in [1.82, 2.24) is 9.88 Å². The van der Waals surface area contributed by atoms with Crippen molar-refractivity contribution in [3.8, 4) is 5.75 Å². The van der Waals surface area contributed by atoms with Crippen molar-refractivity contribution in [2.24, 2.45) is 0 Å². The third kappa shape index (κ3) is 2.50. The summed E-state index contributed by atoms with van der Waals surface area (Å²) in [7, 11) is 1.50. The van der Waals surface area contributed by atoms with Crippen molar-refractivity contribution in [1.29, 1.82) is 0 Å². The molecule has 6 nitrogen and oxygen atoms in total. The zero-order valence-electron chi connectivity index (χ0n) is 13.1. The predicted molar refractivity (Wildman–Crippen MR) is 90.4 cm³/mol. The van der Waals surface area contributed by atoms with E-state index in [1.165, 1.54) is 12.0 Å². The number of amides is 1. The molecule has 24 heavy (non-hydrogen) atoms. The fraction of sp³-hybridized carbons (Fsp3) is 0.375. The number of aliphatic hydroxyl groups is 2. The van der Waals surface area contributed by atoms with Crippen LogP contribution in [0.25, 0.3) is 10.9 Å². The van der Waals surface area contributed by atoms with Gasteiger partial charge in [-0.1, -0.05) is 23.2 Å². The first-order valence-corrected chi connectivity index (χ1v) is 8.09. The number of methoxy groups -OCH3 is 1. The average Bonchev–Trinajstić information content (AvgIpc) is 2.93. The molecule has 2 aromatic rings. The number of aromatic nitrogens is 1. The lowest BCUT2D eigenvalue weighted by molar-refractivity contribution is -0.144. The topological polar surface area (TPSA) is 82.9 Å². The maximum atomic E-state index is 12.3. The van der Waals surface area contributed by atoms with Crippen molar-refractivity contribution in [2.45, 2.75) is 25.6 Å². The number of ether oxygens (including phenoxy) is 1. The average molecular weight is 371 g/mol. The highest BCUT2D eigenvalue weighted by molar-refractivity contribution is 6.46. The van der Waals surface area contributed by atoms with Gasteiger partial charge in [0.05, 0.1) is 30.3 Å². The Balaban J connectivity index is 2.16. The standard InChI is InChI=1S/C16H16Cl2N2O4/c1-7-12-8(5-20(7)16(23)10(22)6-21)4-19-15-9(12)3-11(24-2)13(17)14(15)18/h3-4,7,10,21-22H,5-6H2,1-2H3/t7-,10+/m0/s1. The van der Waals surface area contributed by atoms with Crippen LogP contribution < -0.4 is 4.74 Å². The number of benzene rings is 1. The minimum Gasteiger partial charge on any atom is -0.495 e. The molecule has 128 valence electrons. The first kappa shape index (κ1) is 17.2. The van der Waals surface area contributed by atoms with Gasteiger partial charge in [-0.05, 0) is 24.1 Å². The van der Waals surface area contributed by atoms with Gasteiger partial charge in [0.15, 0.2) is 6.10 Å². The Morgan fingerprint density at radius 1 is 1.50 bits per heavy atom. The molecule has 0 unspecified atom stereocenters. The lowest BCUT2D eigenvalue weighted by atomic mass is 10.0. The molecule has 1 aromatic heterocycles. The van der Waals surface area contributed by atoms with Crippen molar-refractivity contribution in [2.75, 3.05) is 13.7 Å². The van der Waals surface area contributed by atoms with E-state index in [9.17, 15) is 9.90 Å². The summed E-state index contributed by atoms with van der Waals surface area (Å²) in [4.78, 5) is 18.1. The van der Waals surface area contributed by atoms with Gasteiger partial charge in [0.25, 0.3) is 5.91 Å². The summed E-state index contributed by atoms with van der Waals surface area (Å²) in [5.41, 5.74) is 2.27. The van der Waals surface area contributed by atoms with Crippen LogP contribution in [0.1, 0.15) is 24.1 Å². The molecule has 2 N–H and O–H groups in total. The molecule has 0 radical (unpaired) electrons. The van der Waals surface area contributed by atoms with Crippen molar-refractivity contribution >= 4 is 40.0 Å². The molecule has 1 aliphatic heterocycles. The summed E-state index contributed by atoms with van der Waals surface area (Å²) in [6.45, 7) is 1.53. The molecule has 0 fully saturated rings. The van der Waals surface area contributed by atoms with Crippen LogP contribution in [0, 0.1) is 0 Å². The van der Waals surface area contributed by atoms with Crippen LogP contribution in [-0.2, 0) is 11.3 Å². The normalized spacial score (nSPS) is 17.9. The van der Waals surface area contributed by atoms with Gasteiger partial charge in [-0.15, -0.1) is 0 Å². The van der Waals surface area contributed by atoms with Crippen LogP contribution in [0.5, 0.6) is 5.75 Å².